The molecule has 0 radical (unpaired) electrons. The highest BCUT2D eigenvalue weighted by Crippen LogP contribution is 2.21. The molecule has 0 aromatic heterocycles. The van der Waals surface area contributed by atoms with Crippen LogP contribution in [0.15, 0.2) is 29.3 Å². The van der Waals surface area contributed by atoms with E-state index in [9.17, 15) is 9.59 Å². The SMILES string of the molecule is N[C@@H](CCC(=O)N1CCN(c2cccc(NC3=NCCCN3)c2)CC1)C(=O)O. The molecule has 0 bridgehead atoms. The van der Waals surface area contributed by atoms with E-state index < -0.39 is 12.0 Å². The molecule has 0 spiro atoms. The van der Waals surface area contributed by atoms with E-state index in [1.807, 2.05) is 12.1 Å². The van der Waals surface area contributed by atoms with Crippen molar-refractivity contribution in [3.8, 4) is 0 Å². The third-order valence-corrected chi connectivity index (χ3v) is 4.99. The van der Waals surface area contributed by atoms with Gasteiger partial charge in [0.25, 0.3) is 0 Å². The van der Waals surface area contributed by atoms with Crippen LogP contribution in [-0.2, 0) is 9.59 Å². The molecule has 9 heteroatoms. The van der Waals surface area contributed by atoms with Gasteiger partial charge in [-0.05, 0) is 31.0 Å². The van der Waals surface area contributed by atoms with Crippen LogP contribution in [0.4, 0.5) is 11.4 Å². The van der Waals surface area contributed by atoms with Crippen LogP contribution >= 0.6 is 0 Å². The van der Waals surface area contributed by atoms with Crippen molar-refractivity contribution >= 4 is 29.2 Å². The first-order valence-electron chi connectivity index (χ1n) is 9.69. The second-order valence-electron chi connectivity index (χ2n) is 7.04. The molecular weight excluding hydrogens is 360 g/mol. The van der Waals surface area contributed by atoms with Crippen molar-refractivity contribution in [3.05, 3.63) is 24.3 Å². The van der Waals surface area contributed by atoms with Crippen LogP contribution < -0.4 is 21.3 Å². The van der Waals surface area contributed by atoms with Gasteiger partial charge < -0.3 is 31.3 Å². The van der Waals surface area contributed by atoms with Gasteiger partial charge in [0.2, 0.25) is 5.91 Å². The van der Waals surface area contributed by atoms with Crippen LogP contribution in [-0.4, -0.2) is 73.2 Å². The molecule has 2 aliphatic rings. The highest BCUT2D eigenvalue weighted by Gasteiger charge is 2.23. The number of rotatable bonds is 6. The highest BCUT2D eigenvalue weighted by atomic mass is 16.4. The molecule has 1 fully saturated rings. The van der Waals surface area contributed by atoms with Crippen LogP contribution in [0.5, 0.6) is 0 Å². The quantitative estimate of drug-likeness (QED) is 0.552. The van der Waals surface area contributed by atoms with Gasteiger partial charge in [-0.25, -0.2) is 0 Å². The van der Waals surface area contributed by atoms with Crippen LogP contribution in [0, 0.1) is 0 Å². The maximum absolute atomic E-state index is 12.3. The Hall–Kier alpha value is -2.81. The van der Waals surface area contributed by atoms with Crippen molar-refractivity contribution in [2.45, 2.75) is 25.3 Å². The number of carboxylic acids is 1. The second kappa shape index (κ2) is 9.41. The molecule has 152 valence electrons. The summed E-state index contributed by atoms with van der Waals surface area (Å²) in [5.41, 5.74) is 7.55. The van der Waals surface area contributed by atoms with E-state index in [0.29, 0.717) is 13.1 Å². The van der Waals surface area contributed by atoms with Crippen LogP contribution in [0.25, 0.3) is 0 Å². The summed E-state index contributed by atoms with van der Waals surface area (Å²) in [7, 11) is 0. The van der Waals surface area contributed by atoms with Crippen molar-refractivity contribution in [2.75, 3.05) is 49.5 Å². The third kappa shape index (κ3) is 5.35. The van der Waals surface area contributed by atoms with Gasteiger partial charge in [0.15, 0.2) is 5.96 Å². The Bertz CT molecular complexity index is 730. The van der Waals surface area contributed by atoms with Crippen LogP contribution in [0.1, 0.15) is 19.3 Å². The van der Waals surface area contributed by atoms with Crippen molar-refractivity contribution in [1.82, 2.24) is 10.2 Å². The van der Waals surface area contributed by atoms with E-state index in [1.54, 1.807) is 4.90 Å². The fraction of sp³-hybridized carbons (Fsp3) is 0.526. The van der Waals surface area contributed by atoms with E-state index in [2.05, 4.69) is 32.7 Å². The Balaban J connectivity index is 1.50. The molecule has 28 heavy (non-hydrogen) atoms. The average molecular weight is 388 g/mol. The lowest BCUT2D eigenvalue weighted by molar-refractivity contribution is -0.139. The molecule has 2 heterocycles. The molecule has 1 aromatic rings. The normalized spacial score (nSPS) is 18.1. The maximum atomic E-state index is 12.3. The van der Waals surface area contributed by atoms with E-state index in [1.165, 1.54) is 0 Å². The van der Waals surface area contributed by atoms with E-state index >= 15 is 0 Å². The molecule has 3 rings (SSSR count). The Morgan fingerprint density at radius 2 is 2.07 bits per heavy atom. The molecule has 2 aliphatic heterocycles. The predicted molar refractivity (Wildman–Crippen MR) is 109 cm³/mol. The minimum Gasteiger partial charge on any atom is -0.480 e. The number of carbonyl (C=O) groups is 2. The summed E-state index contributed by atoms with van der Waals surface area (Å²) in [6, 6.07) is 7.18. The molecule has 1 atom stereocenters. The van der Waals surface area contributed by atoms with Gasteiger partial charge in [-0.3, -0.25) is 14.6 Å². The van der Waals surface area contributed by atoms with Gasteiger partial charge in [-0.2, -0.15) is 0 Å². The zero-order valence-electron chi connectivity index (χ0n) is 15.9. The van der Waals surface area contributed by atoms with Crippen LogP contribution in [0.3, 0.4) is 0 Å². The number of nitrogens with zero attached hydrogens (tertiary/aromatic N) is 3. The summed E-state index contributed by atoms with van der Waals surface area (Å²) in [6.45, 7) is 4.47. The van der Waals surface area contributed by atoms with Gasteiger partial charge >= 0.3 is 5.97 Å². The minimum atomic E-state index is -1.07. The Labute approximate surface area is 164 Å². The molecule has 0 aliphatic carbocycles. The number of anilines is 2. The molecule has 1 amide bonds. The number of carboxylic acid groups (broad SMARTS) is 1. The first kappa shape index (κ1) is 19.9. The Morgan fingerprint density at radius 3 is 2.75 bits per heavy atom. The van der Waals surface area contributed by atoms with Crippen molar-refractivity contribution < 1.29 is 14.7 Å². The number of carbonyl (C=O) groups excluding carboxylic acids is 1. The minimum absolute atomic E-state index is 0.0341. The smallest absolute Gasteiger partial charge is 0.320 e. The number of amides is 1. The largest absolute Gasteiger partial charge is 0.480 e. The number of benzene rings is 1. The number of aliphatic imine (C=N–C) groups is 1. The van der Waals surface area contributed by atoms with Crippen LogP contribution in [0.2, 0.25) is 0 Å². The standard InChI is InChI=1S/C19H28N6O3/c20-16(18(27)28)5-6-17(26)25-11-9-24(10-12-25)15-4-1-3-14(13-15)23-19-21-7-2-8-22-19/h1,3-4,13,16H,2,5-12,20H2,(H,27,28)(H2,21,22,23)/t16-/m0/s1. The first-order chi connectivity index (χ1) is 13.5. The highest BCUT2D eigenvalue weighted by molar-refractivity contribution is 5.94. The lowest BCUT2D eigenvalue weighted by Gasteiger charge is -2.36. The van der Waals surface area contributed by atoms with Gasteiger partial charge in [-0.15, -0.1) is 0 Å². The average Bonchev–Trinajstić information content (AvgIpc) is 2.72. The van der Waals surface area contributed by atoms with Crippen molar-refractivity contribution in [2.24, 2.45) is 10.7 Å². The first-order valence-corrected chi connectivity index (χ1v) is 9.69. The summed E-state index contributed by atoms with van der Waals surface area (Å²) in [5, 5.41) is 15.4. The molecule has 0 unspecified atom stereocenters. The molecular formula is C19H28N6O3. The van der Waals surface area contributed by atoms with E-state index in [4.69, 9.17) is 10.8 Å². The zero-order chi connectivity index (χ0) is 19.9. The Kier molecular flexibility index (Phi) is 6.70. The molecule has 9 nitrogen and oxygen atoms in total. The fourth-order valence-corrected chi connectivity index (χ4v) is 3.31. The summed E-state index contributed by atoms with van der Waals surface area (Å²) >= 11 is 0. The third-order valence-electron chi connectivity index (χ3n) is 4.99. The number of nitrogens with one attached hydrogen (secondary N) is 2. The number of nitrogens with two attached hydrogens (primary N) is 1. The van der Waals surface area contributed by atoms with Gasteiger partial charge in [0.05, 0.1) is 0 Å². The number of hydrogen-bond acceptors (Lipinski definition) is 7. The molecule has 1 aromatic carbocycles. The number of piperazine rings is 1. The number of aliphatic carboxylic acids is 1. The predicted octanol–water partition coefficient (Wildman–Crippen LogP) is 0.289. The monoisotopic (exact) mass is 388 g/mol. The van der Waals surface area contributed by atoms with Crippen molar-refractivity contribution in [1.29, 1.82) is 0 Å². The second-order valence-corrected chi connectivity index (χ2v) is 7.04. The Morgan fingerprint density at radius 1 is 1.29 bits per heavy atom. The summed E-state index contributed by atoms with van der Waals surface area (Å²) in [4.78, 5) is 31.5. The fourth-order valence-electron chi connectivity index (χ4n) is 3.31. The lowest BCUT2D eigenvalue weighted by Crippen LogP contribution is -2.49. The summed E-state index contributed by atoms with van der Waals surface area (Å²) in [6.07, 6.45) is 1.39. The maximum Gasteiger partial charge on any atom is 0.320 e. The van der Waals surface area contributed by atoms with Gasteiger partial charge in [-0.1, -0.05) is 6.07 Å². The number of hydrogen-bond donors (Lipinski definition) is 4. The topological polar surface area (TPSA) is 123 Å². The van der Waals surface area contributed by atoms with E-state index in [0.717, 1.165) is 49.9 Å². The number of guanidine groups is 1. The van der Waals surface area contributed by atoms with Gasteiger partial charge in [0.1, 0.15) is 6.04 Å². The zero-order valence-corrected chi connectivity index (χ0v) is 15.9. The van der Waals surface area contributed by atoms with Gasteiger partial charge in [0, 0.05) is 57.1 Å². The summed E-state index contributed by atoms with van der Waals surface area (Å²) in [5.74, 6) is -0.299. The molecule has 0 saturated carbocycles. The lowest BCUT2D eigenvalue weighted by atomic mass is 10.1. The van der Waals surface area contributed by atoms with E-state index in [-0.39, 0.29) is 18.7 Å². The molecule has 1 saturated heterocycles. The summed E-state index contributed by atoms with van der Waals surface area (Å²) < 4.78 is 0. The van der Waals surface area contributed by atoms with Crippen molar-refractivity contribution in [3.63, 3.8) is 0 Å². The molecule has 5 N–H and O–H groups in total.